The van der Waals surface area contributed by atoms with E-state index < -0.39 is 11.7 Å². The van der Waals surface area contributed by atoms with E-state index in [-0.39, 0.29) is 11.8 Å². The Hall–Kier alpha value is -2.80. The molecular formula is C20H12F3IN4O2S. The second kappa shape index (κ2) is 8.38. The number of halogens is 4. The van der Waals surface area contributed by atoms with Crippen molar-refractivity contribution >= 4 is 55.2 Å². The fourth-order valence-corrected chi connectivity index (χ4v) is 4.49. The van der Waals surface area contributed by atoms with Crippen LogP contribution >= 0.6 is 33.9 Å². The van der Waals surface area contributed by atoms with Crippen LogP contribution in [0.15, 0.2) is 48.8 Å². The number of fused-ring (bicyclic) bond motifs is 1. The van der Waals surface area contributed by atoms with Gasteiger partial charge in [-0.1, -0.05) is 23.5 Å². The van der Waals surface area contributed by atoms with Crippen molar-refractivity contribution in [2.45, 2.75) is 13.1 Å². The summed E-state index contributed by atoms with van der Waals surface area (Å²) in [6.07, 6.45) is -3.14. The molecule has 2 aromatic heterocycles. The zero-order valence-corrected chi connectivity index (χ0v) is 18.7. The Morgan fingerprint density at radius 2 is 1.97 bits per heavy atom. The standard InChI is InChI=1S/C20H12F3IN4O2S/c1-10(29)27-19-28-18-15(3-2-4-16(18)31-19)30-17-8-14(25-9-26-17)12-6-5-11(7-13(12)24)20(21,22)23/h2-9H,1H3,(H,27,28,29). The van der Waals surface area contributed by atoms with E-state index in [1.807, 2.05) is 28.7 Å². The predicted octanol–water partition coefficient (Wildman–Crippen LogP) is 6.13. The summed E-state index contributed by atoms with van der Waals surface area (Å²) < 4.78 is 45.9. The van der Waals surface area contributed by atoms with E-state index in [0.717, 1.165) is 16.8 Å². The average Bonchev–Trinajstić information content (AvgIpc) is 3.10. The number of nitrogens with zero attached hydrogens (tertiary/aromatic N) is 3. The summed E-state index contributed by atoms with van der Waals surface area (Å²) in [5.41, 5.74) is 0.782. The predicted molar refractivity (Wildman–Crippen MR) is 119 cm³/mol. The zero-order valence-electron chi connectivity index (χ0n) is 15.7. The Bertz CT molecular complexity index is 1290. The first-order valence-electron chi connectivity index (χ1n) is 8.75. The van der Waals surface area contributed by atoms with Gasteiger partial charge in [0.2, 0.25) is 11.8 Å². The largest absolute Gasteiger partial charge is 0.437 e. The summed E-state index contributed by atoms with van der Waals surface area (Å²) >= 11 is 3.15. The van der Waals surface area contributed by atoms with Gasteiger partial charge < -0.3 is 10.1 Å². The number of hydrogen-bond acceptors (Lipinski definition) is 6. The first-order chi connectivity index (χ1) is 14.7. The molecule has 0 spiro atoms. The monoisotopic (exact) mass is 556 g/mol. The molecule has 0 saturated heterocycles. The van der Waals surface area contributed by atoms with Gasteiger partial charge in [0.05, 0.1) is 16.0 Å². The van der Waals surface area contributed by atoms with Crippen LogP contribution in [0.1, 0.15) is 12.5 Å². The average molecular weight is 556 g/mol. The SMILES string of the molecule is CC(=O)Nc1nc2c(Oc3cc(-c4ccc(C(F)(F)F)cc4I)ncn3)cccc2s1. The van der Waals surface area contributed by atoms with Crippen LogP contribution in [0.5, 0.6) is 11.6 Å². The highest BCUT2D eigenvalue weighted by Gasteiger charge is 2.31. The van der Waals surface area contributed by atoms with Crippen molar-refractivity contribution in [3.63, 3.8) is 0 Å². The van der Waals surface area contributed by atoms with E-state index in [2.05, 4.69) is 20.3 Å². The van der Waals surface area contributed by atoms with E-state index in [1.54, 1.807) is 18.2 Å². The Morgan fingerprint density at radius 1 is 1.16 bits per heavy atom. The van der Waals surface area contributed by atoms with E-state index >= 15 is 0 Å². The molecule has 0 aliphatic heterocycles. The van der Waals surface area contributed by atoms with Crippen molar-refractivity contribution in [3.8, 4) is 22.9 Å². The van der Waals surface area contributed by atoms with Gasteiger partial charge in [-0.2, -0.15) is 13.2 Å². The second-order valence-electron chi connectivity index (χ2n) is 6.34. The maximum absolute atomic E-state index is 12.9. The van der Waals surface area contributed by atoms with Crippen molar-refractivity contribution in [1.29, 1.82) is 0 Å². The molecule has 0 aliphatic carbocycles. The topological polar surface area (TPSA) is 77.0 Å². The zero-order chi connectivity index (χ0) is 22.2. The van der Waals surface area contributed by atoms with Crippen molar-refractivity contribution in [1.82, 2.24) is 15.0 Å². The summed E-state index contributed by atoms with van der Waals surface area (Å²) in [5.74, 6) is 0.410. The number of carbonyl (C=O) groups excluding carboxylic acids is 1. The number of amides is 1. The van der Waals surface area contributed by atoms with E-state index in [4.69, 9.17) is 4.74 Å². The Balaban J connectivity index is 1.66. The Labute approximate surface area is 191 Å². The smallest absolute Gasteiger partial charge is 0.416 e. The van der Waals surface area contributed by atoms with Gasteiger partial charge in [-0.25, -0.2) is 15.0 Å². The van der Waals surface area contributed by atoms with Gasteiger partial charge in [0, 0.05) is 22.1 Å². The summed E-state index contributed by atoms with van der Waals surface area (Å²) in [6, 6.07) is 10.3. The van der Waals surface area contributed by atoms with Gasteiger partial charge in [-0.3, -0.25) is 4.79 Å². The number of alkyl halides is 3. The molecule has 158 valence electrons. The molecule has 0 aliphatic rings. The summed E-state index contributed by atoms with van der Waals surface area (Å²) in [7, 11) is 0. The third-order valence-electron chi connectivity index (χ3n) is 4.09. The van der Waals surface area contributed by atoms with Gasteiger partial charge >= 0.3 is 6.18 Å². The molecular weight excluding hydrogens is 544 g/mol. The number of ether oxygens (including phenoxy) is 1. The highest BCUT2D eigenvalue weighted by atomic mass is 127. The fourth-order valence-electron chi connectivity index (χ4n) is 2.76. The molecule has 0 atom stereocenters. The minimum absolute atomic E-state index is 0.210. The first-order valence-corrected chi connectivity index (χ1v) is 10.6. The lowest BCUT2D eigenvalue weighted by atomic mass is 10.1. The molecule has 0 radical (unpaired) electrons. The van der Waals surface area contributed by atoms with E-state index in [0.29, 0.717) is 31.2 Å². The minimum atomic E-state index is -4.42. The number of anilines is 1. The maximum Gasteiger partial charge on any atom is 0.416 e. The first kappa shape index (κ1) is 21.4. The van der Waals surface area contributed by atoms with Crippen molar-refractivity contribution < 1.29 is 22.7 Å². The number of carbonyl (C=O) groups is 1. The summed E-state index contributed by atoms with van der Waals surface area (Å²) in [4.78, 5) is 23.9. The molecule has 0 fully saturated rings. The highest BCUT2D eigenvalue weighted by Crippen LogP contribution is 2.36. The number of aromatic nitrogens is 3. The number of nitrogens with one attached hydrogen (secondary N) is 1. The van der Waals surface area contributed by atoms with Crippen molar-refractivity contribution in [2.24, 2.45) is 0 Å². The van der Waals surface area contributed by atoms with Gasteiger partial charge in [0.15, 0.2) is 10.9 Å². The summed E-state index contributed by atoms with van der Waals surface area (Å²) in [6.45, 7) is 1.40. The van der Waals surface area contributed by atoms with Crippen LogP contribution in [-0.2, 0) is 11.0 Å². The lowest BCUT2D eigenvalue weighted by Crippen LogP contribution is -2.05. The van der Waals surface area contributed by atoms with Gasteiger partial charge in [0.1, 0.15) is 11.8 Å². The molecule has 11 heteroatoms. The molecule has 0 saturated carbocycles. The summed E-state index contributed by atoms with van der Waals surface area (Å²) in [5, 5.41) is 3.09. The molecule has 2 heterocycles. The van der Waals surface area contributed by atoms with Gasteiger partial charge in [-0.15, -0.1) is 0 Å². The van der Waals surface area contributed by atoms with Gasteiger partial charge in [0.25, 0.3) is 0 Å². The number of thiazole rings is 1. The minimum Gasteiger partial charge on any atom is -0.437 e. The van der Waals surface area contributed by atoms with Crippen molar-refractivity contribution in [3.05, 3.63) is 57.9 Å². The molecule has 2 aromatic carbocycles. The van der Waals surface area contributed by atoms with Crippen LogP contribution in [0.2, 0.25) is 0 Å². The van der Waals surface area contributed by atoms with Crippen LogP contribution in [0.3, 0.4) is 0 Å². The second-order valence-corrected chi connectivity index (χ2v) is 8.53. The van der Waals surface area contributed by atoms with Gasteiger partial charge in [-0.05, 0) is 46.9 Å². The molecule has 0 unspecified atom stereocenters. The molecule has 31 heavy (non-hydrogen) atoms. The van der Waals surface area contributed by atoms with Crippen LogP contribution in [0.25, 0.3) is 21.5 Å². The van der Waals surface area contributed by atoms with Crippen LogP contribution < -0.4 is 10.1 Å². The quantitative estimate of drug-likeness (QED) is 0.307. The number of hydrogen-bond donors (Lipinski definition) is 1. The van der Waals surface area contributed by atoms with E-state index in [9.17, 15) is 18.0 Å². The molecule has 6 nitrogen and oxygen atoms in total. The molecule has 1 amide bonds. The van der Waals surface area contributed by atoms with E-state index in [1.165, 1.54) is 30.7 Å². The van der Waals surface area contributed by atoms with Crippen molar-refractivity contribution in [2.75, 3.05) is 5.32 Å². The van der Waals surface area contributed by atoms with Crippen LogP contribution in [-0.4, -0.2) is 20.9 Å². The third-order valence-corrected chi connectivity index (χ3v) is 5.92. The maximum atomic E-state index is 12.9. The Morgan fingerprint density at radius 3 is 2.68 bits per heavy atom. The Kier molecular flexibility index (Phi) is 5.79. The number of para-hydroxylation sites is 1. The number of benzene rings is 2. The highest BCUT2D eigenvalue weighted by molar-refractivity contribution is 14.1. The molecule has 0 bridgehead atoms. The third kappa shape index (κ3) is 4.77. The lowest BCUT2D eigenvalue weighted by molar-refractivity contribution is -0.137. The lowest BCUT2D eigenvalue weighted by Gasteiger charge is -2.11. The fraction of sp³-hybridized carbons (Fsp3) is 0.100. The molecule has 4 rings (SSSR count). The normalized spacial score (nSPS) is 11.5. The molecule has 1 N–H and O–H groups in total. The number of rotatable bonds is 4. The van der Waals surface area contributed by atoms with Crippen LogP contribution in [0, 0.1) is 3.57 Å². The van der Waals surface area contributed by atoms with Crippen LogP contribution in [0.4, 0.5) is 18.3 Å². The molecule has 4 aromatic rings.